The van der Waals surface area contributed by atoms with Crippen LogP contribution in [0.4, 0.5) is 0 Å². The minimum absolute atomic E-state index is 0.693. The third-order valence-corrected chi connectivity index (χ3v) is 8.80. The molecule has 0 spiro atoms. The largest absolute Gasteiger partial charge is 0.151 e. The van der Waals surface area contributed by atoms with Crippen molar-refractivity contribution in [3.05, 3.63) is 135 Å². The van der Waals surface area contributed by atoms with Crippen molar-refractivity contribution in [3.63, 3.8) is 0 Å². The van der Waals surface area contributed by atoms with E-state index in [0.717, 1.165) is 28.2 Å². The van der Waals surface area contributed by atoms with Gasteiger partial charge in [-0.2, -0.15) is 12.6 Å². The molecule has 196 valence electrons. The van der Waals surface area contributed by atoms with Gasteiger partial charge in [0.05, 0.1) is 0 Å². The van der Waals surface area contributed by atoms with Crippen LogP contribution in [0.1, 0.15) is 84.9 Å². The Morgan fingerprint density at radius 2 is 1.53 bits per heavy atom. The number of hydrogen-bond donors (Lipinski definition) is 1. The van der Waals surface area contributed by atoms with Crippen molar-refractivity contribution in [2.75, 3.05) is 0 Å². The van der Waals surface area contributed by atoms with Crippen molar-refractivity contribution in [1.82, 2.24) is 0 Å². The molecule has 2 atom stereocenters. The van der Waals surface area contributed by atoms with E-state index in [1.54, 1.807) is 5.41 Å². The molecule has 0 saturated heterocycles. The maximum Gasteiger partial charge on any atom is -0.0102 e. The van der Waals surface area contributed by atoms with Gasteiger partial charge in [0, 0.05) is 0 Å². The monoisotopic (exact) mass is 518 g/mol. The number of benzene rings is 2. The lowest BCUT2D eigenvalue weighted by Crippen LogP contribution is -2.04. The van der Waals surface area contributed by atoms with Crippen LogP contribution in [0.25, 0.3) is 16.7 Å². The second kappa shape index (κ2) is 11.8. The molecular formula is C37H42S. The van der Waals surface area contributed by atoms with E-state index in [9.17, 15) is 0 Å². The van der Waals surface area contributed by atoms with Gasteiger partial charge in [-0.25, -0.2) is 0 Å². The molecule has 2 aliphatic carbocycles. The van der Waals surface area contributed by atoms with E-state index in [0.29, 0.717) is 5.92 Å². The third-order valence-electron chi connectivity index (χ3n) is 8.63. The van der Waals surface area contributed by atoms with E-state index in [-0.39, 0.29) is 0 Å². The molecule has 1 fully saturated rings. The maximum absolute atomic E-state index is 4.44. The molecule has 2 unspecified atom stereocenters. The summed E-state index contributed by atoms with van der Waals surface area (Å²) in [7, 11) is 0. The van der Waals surface area contributed by atoms with Crippen LogP contribution in [-0.4, -0.2) is 0 Å². The molecule has 0 bridgehead atoms. The summed E-state index contributed by atoms with van der Waals surface area (Å²) in [5.74, 6) is 1.47. The Balaban J connectivity index is 1.65. The second-order valence-electron chi connectivity index (χ2n) is 11.2. The zero-order valence-corrected chi connectivity index (χ0v) is 24.9. The molecule has 1 saturated carbocycles. The van der Waals surface area contributed by atoms with Gasteiger partial charge in [-0.15, -0.1) is 0 Å². The first-order chi connectivity index (χ1) is 18.1. The topological polar surface area (TPSA) is 0 Å². The Labute approximate surface area is 236 Å². The van der Waals surface area contributed by atoms with Gasteiger partial charge in [0.25, 0.3) is 0 Å². The van der Waals surface area contributed by atoms with E-state index >= 15 is 0 Å². The zero-order valence-electron chi connectivity index (χ0n) is 24.0. The minimum atomic E-state index is 0.693. The Kier molecular flexibility index (Phi) is 8.68. The van der Waals surface area contributed by atoms with E-state index in [4.69, 9.17) is 0 Å². The first kappa shape index (κ1) is 28.0. The average Bonchev–Trinajstić information content (AvgIpc) is 3.41. The van der Waals surface area contributed by atoms with Crippen LogP contribution < -0.4 is 0 Å². The SMILES string of the molecule is C=C1C(=CC(=C/C=C\S)/C(C)=C/C=C(\C)c2ccc(C)c(C3CCCC3C)c2)C(=C)c2cc(C)c(C)cc21. The Morgan fingerprint density at radius 3 is 2.11 bits per heavy atom. The number of aryl methyl sites for hydroxylation is 3. The fourth-order valence-corrected chi connectivity index (χ4v) is 5.98. The third kappa shape index (κ3) is 5.69. The number of thiol groups is 1. The molecule has 0 N–H and O–H groups in total. The molecule has 0 heterocycles. The molecule has 0 amide bonds. The number of hydrogen-bond acceptors (Lipinski definition) is 1. The second-order valence-corrected chi connectivity index (χ2v) is 11.5. The van der Waals surface area contributed by atoms with Gasteiger partial charge in [0.15, 0.2) is 0 Å². The molecule has 0 aromatic heterocycles. The first-order valence-corrected chi connectivity index (χ1v) is 14.3. The summed E-state index contributed by atoms with van der Waals surface area (Å²) in [6.07, 6.45) is 14.8. The molecule has 2 aromatic carbocycles. The van der Waals surface area contributed by atoms with Gasteiger partial charge in [-0.3, -0.25) is 0 Å². The molecule has 2 aromatic rings. The van der Waals surface area contributed by atoms with Crippen molar-refractivity contribution in [1.29, 1.82) is 0 Å². The van der Waals surface area contributed by atoms with Crippen LogP contribution in [0, 0.1) is 26.7 Å². The van der Waals surface area contributed by atoms with Crippen molar-refractivity contribution in [2.45, 2.75) is 66.7 Å². The fourth-order valence-electron chi connectivity index (χ4n) is 5.89. The fraction of sp³-hybridized carbons (Fsp3) is 0.297. The highest BCUT2D eigenvalue weighted by Gasteiger charge is 2.26. The maximum atomic E-state index is 4.44. The van der Waals surface area contributed by atoms with Crippen LogP contribution >= 0.6 is 12.6 Å². The molecule has 2 aliphatic rings. The standard InChI is InChI=1S/C37H42S/c1-23(14-15-24(2)32-17-16-26(4)34(21-32)33-13-9-11-25(33)3)31(12-10-18-38)22-35-29(7)36-19-27(5)28(6)20-37(36)30(35)8/h10,12,14-22,25,33,38H,7-9,11,13H2,1-6H3/b18-10-,23-14+,24-15+,31-12-. The van der Waals surface area contributed by atoms with Crippen LogP contribution in [0.2, 0.25) is 0 Å². The van der Waals surface area contributed by atoms with Gasteiger partial charge < -0.3 is 0 Å². The predicted molar refractivity (Wildman–Crippen MR) is 173 cm³/mol. The predicted octanol–water partition coefficient (Wildman–Crippen LogP) is 10.9. The van der Waals surface area contributed by atoms with Crippen LogP contribution in [0.3, 0.4) is 0 Å². The van der Waals surface area contributed by atoms with Crippen LogP contribution in [0.5, 0.6) is 0 Å². The minimum Gasteiger partial charge on any atom is -0.151 e. The highest BCUT2D eigenvalue weighted by Crippen LogP contribution is 2.45. The van der Waals surface area contributed by atoms with Crippen molar-refractivity contribution >= 4 is 29.3 Å². The number of fused-ring (bicyclic) bond motifs is 1. The summed E-state index contributed by atoms with van der Waals surface area (Å²) in [4.78, 5) is 0. The molecular weight excluding hydrogens is 476 g/mol. The van der Waals surface area contributed by atoms with Gasteiger partial charge in [-0.1, -0.05) is 87.6 Å². The van der Waals surface area contributed by atoms with E-state index in [1.165, 1.54) is 69.4 Å². The zero-order chi connectivity index (χ0) is 27.6. The summed E-state index contributed by atoms with van der Waals surface area (Å²) in [6.45, 7) is 22.2. The van der Waals surface area contributed by atoms with Gasteiger partial charge in [0.2, 0.25) is 0 Å². The first-order valence-electron chi connectivity index (χ1n) is 13.8. The quantitative estimate of drug-likeness (QED) is 0.285. The lowest BCUT2D eigenvalue weighted by atomic mass is 9.85. The van der Waals surface area contributed by atoms with E-state index < -0.39 is 0 Å². The Hall–Kier alpha value is -3.03. The Bertz CT molecular complexity index is 1390. The van der Waals surface area contributed by atoms with E-state index in [1.807, 2.05) is 6.08 Å². The number of rotatable bonds is 6. The highest BCUT2D eigenvalue weighted by atomic mass is 32.1. The van der Waals surface area contributed by atoms with Gasteiger partial charge >= 0.3 is 0 Å². The van der Waals surface area contributed by atoms with Crippen molar-refractivity contribution in [3.8, 4) is 0 Å². The summed E-state index contributed by atoms with van der Waals surface area (Å²) in [5, 5.41) is 1.77. The van der Waals surface area contributed by atoms with E-state index in [2.05, 4.69) is 122 Å². The van der Waals surface area contributed by atoms with Gasteiger partial charge in [-0.05, 0) is 137 Å². The summed E-state index contributed by atoms with van der Waals surface area (Å²) in [5.41, 5.74) is 16.0. The van der Waals surface area contributed by atoms with Crippen LogP contribution in [-0.2, 0) is 0 Å². The number of allylic oxidation sites excluding steroid dienone is 11. The Morgan fingerprint density at radius 1 is 0.868 bits per heavy atom. The van der Waals surface area contributed by atoms with Crippen molar-refractivity contribution in [2.24, 2.45) is 5.92 Å². The smallest absolute Gasteiger partial charge is 0.0102 e. The molecule has 1 heteroatoms. The lowest BCUT2D eigenvalue weighted by Gasteiger charge is -2.19. The highest BCUT2D eigenvalue weighted by molar-refractivity contribution is 7.83. The molecule has 38 heavy (non-hydrogen) atoms. The van der Waals surface area contributed by atoms with Crippen molar-refractivity contribution < 1.29 is 0 Å². The molecule has 0 radical (unpaired) electrons. The summed E-state index contributed by atoms with van der Waals surface area (Å²) in [6, 6.07) is 11.5. The normalized spacial score (nSPS) is 20.6. The summed E-state index contributed by atoms with van der Waals surface area (Å²) >= 11 is 4.29. The average molecular weight is 519 g/mol. The molecule has 0 nitrogen and oxygen atoms in total. The van der Waals surface area contributed by atoms with Crippen LogP contribution in [0.15, 0.2) is 96.0 Å². The summed E-state index contributed by atoms with van der Waals surface area (Å²) < 4.78 is 0. The lowest BCUT2D eigenvalue weighted by molar-refractivity contribution is 0.531. The molecule has 4 rings (SSSR count). The van der Waals surface area contributed by atoms with Gasteiger partial charge in [0.1, 0.15) is 0 Å². The molecule has 0 aliphatic heterocycles.